The molecule has 0 saturated carbocycles. The molecular weight excluding hydrogens is 276 g/mol. The smallest absolute Gasteiger partial charge is 0.253 e. The van der Waals surface area contributed by atoms with Crippen molar-refractivity contribution in [2.45, 2.75) is 46.7 Å². The molecule has 0 aromatic heterocycles. The summed E-state index contributed by atoms with van der Waals surface area (Å²) in [6, 6.07) is 1.00. The van der Waals surface area contributed by atoms with Crippen LogP contribution in [0.4, 0.5) is 0 Å². The van der Waals surface area contributed by atoms with Crippen molar-refractivity contribution in [1.82, 2.24) is 20.9 Å². The molecule has 126 valence electrons. The molecule has 0 spiro atoms. The van der Waals surface area contributed by atoms with E-state index in [1.54, 1.807) is 0 Å². The molecule has 0 bridgehead atoms. The molecule has 0 radical (unpaired) electrons. The quantitative estimate of drug-likeness (QED) is 0.489. The lowest BCUT2D eigenvalue weighted by atomic mass is 10.1. The van der Waals surface area contributed by atoms with Gasteiger partial charge in [-0.15, -0.1) is 0 Å². The van der Waals surface area contributed by atoms with E-state index >= 15 is 0 Å². The summed E-state index contributed by atoms with van der Waals surface area (Å²) in [5, 5.41) is 9.73. The molecule has 1 fully saturated rings. The first kappa shape index (κ1) is 18.7. The first-order valence-electron chi connectivity index (χ1n) is 8.22. The summed E-state index contributed by atoms with van der Waals surface area (Å²) in [6.45, 7) is 18.5. The van der Waals surface area contributed by atoms with Crippen LogP contribution in [-0.2, 0) is 4.79 Å². The monoisotopic (exact) mass is 308 g/mol. The number of hydrogen-bond acceptors (Lipinski definition) is 4. The highest BCUT2D eigenvalue weighted by Gasteiger charge is 2.20. The fourth-order valence-corrected chi connectivity index (χ4v) is 3.08. The number of nitrogens with one attached hydrogen (secondary N) is 3. The standard InChI is InChI=1S/C17H32N4O/c1-7-18-15(6)16(12(2)3)17(22)19-8-9-21-10-13(4)20-14(5)11-21/h13-14,18,20H,2,7-11H2,1,3-6H3,(H,19,22)/b16-15+. The van der Waals surface area contributed by atoms with Gasteiger partial charge in [0.25, 0.3) is 5.91 Å². The van der Waals surface area contributed by atoms with Crippen LogP contribution in [0, 0.1) is 0 Å². The van der Waals surface area contributed by atoms with E-state index < -0.39 is 0 Å². The normalized spacial score (nSPS) is 23.7. The zero-order valence-electron chi connectivity index (χ0n) is 14.8. The zero-order valence-corrected chi connectivity index (χ0v) is 14.8. The molecule has 2 atom stereocenters. The van der Waals surface area contributed by atoms with Crippen molar-refractivity contribution in [3.05, 3.63) is 23.4 Å². The van der Waals surface area contributed by atoms with E-state index in [-0.39, 0.29) is 5.91 Å². The topological polar surface area (TPSA) is 56.4 Å². The predicted octanol–water partition coefficient (Wildman–Crippen LogP) is 1.24. The lowest BCUT2D eigenvalue weighted by Gasteiger charge is -2.36. The van der Waals surface area contributed by atoms with Crippen molar-refractivity contribution in [1.29, 1.82) is 0 Å². The molecule has 1 aliphatic rings. The average molecular weight is 308 g/mol. The Labute approximate surface area is 135 Å². The summed E-state index contributed by atoms with van der Waals surface area (Å²) < 4.78 is 0. The van der Waals surface area contributed by atoms with Gasteiger partial charge in [-0.05, 0) is 40.2 Å². The summed E-state index contributed by atoms with van der Waals surface area (Å²) >= 11 is 0. The lowest BCUT2D eigenvalue weighted by molar-refractivity contribution is -0.117. The number of rotatable bonds is 7. The minimum Gasteiger partial charge on any atom is -0.388 e. The fourth-order valence-electron chi connectivity index (χ4n) is 3.08. The van der Waals surface area contributed by atoms with Crippen molar-refractivity contribution < 1.29 is 4.79 Å². The van der Waals surface area contributed by atoms with Gasteiger partial charge < -0.3 is 16.0 Å². The molecule has 22 heavy (non-hydrogen) atoms. The van der Waals surface area contributed by atoms with E-state index in [1.807, 2.05) is 20.8 Å². The van der Waals surface area contributed by atoms with Crippen LogP contribution in [0.5, 0.6) is 0 Å². The van der Waals surface area contributed by atoms with E-state index in [9.17, 15) is 4.79 Å². The average Bonchev–Trinajstić information content (AvgIpc) is 2.37. The summed E-state index contributed by atoms with van der Waals surface area (Å²) in [4.78, 5) is 14.8. The minimum atomic E-state index is -0.0396. The Balaban J connectivity index is 2.50. The van der Waals surface area contributed by atoms with Gasteiger partial charge in [-0.2, -0.15) is 0 Å². The first-order chi connectivity index (χ1) is 10.3. The maximum atomic E-state index is 12.4. The van der Waals surface area contributed by atoms with Crippen LogP contribution in [0.3, 0.4) is 0 Å². The SMILES string of the molecule is C=C(C)/C(C(=O)NCCN1CC(C)NC(C)C1)=C(/C)NCC. The molecular formula is C17H32N4O. The molecule has 3 N–H and O–H groups in total. The number of hydrogen-bond donors (Lipinski definition) is 3. The van der Waals surface area contributed by atoms with E-state index in [0.29, 0.717) is 24.2 Å². The summed E-state index contributed by atoms with van der Waals surface area (Å²) in [5.74, 6) is -0.0396. The Hall–Kier alpha value is -1.33. The summed E-state index contributed by atoms with van der Waals surface area (Å²) in [6.07, 6.45) is 0. The summed E-state index contributed by atoms with van der Waals surface area (Å²) in [7, 11) is 0. The maximum Gasteiger partial charge on any atom is 0.253 e. The van der Waals surface area contributed by atoms with Gasteiger partial charge in [-0.1, -0.05) is 6.58 Å². The fraction of sp³-hybridized carbons (Fsp3) is 0.706. The third-order valence-electron chi connectivity index (χ3n) is 3.82. The second kappa shape index (κ2) is 8.96. The zero-order chi connectivity index (χ0) is 16.7. The van der Waals surface area contributed by atoms with E-state index in [4.69, 9.17) is 0 Å². The minimum absolute atomic E-state index is 0.0396. The van der Waals surface area contributed by atoms with Gasteiger partial charge in [0, 0.05) is 50.5 Å². The van der Waals surface area contributed by atoms with Crippen molar-refractivity contribution in [3.8, 4) is 0 Å². The van der Waals surface area contributed by atoms with Crippen LogP contribution in [0.2, 0.25) is 0 Å². The van der Waals surface area contributed by atoms with Gasteiger partial charge in [0.2, 0.25) is 0 Å². The number of nitrogens with zero attached hydrogens (tertiary/aromatic N) is 1. The van der Waals surface area contributed by atoms with Crippen molar-refractivity contribution in [2.24, 2.45) is 0 Å². The molecule has 1 saturated heterocycles. The molecule has 5 heteroatoms. The van der Waals surface area contributed by atoms with Crippen LogP contribution in [0.1, 0.15) is 34.6 Å². The number of carbonyl (C=O) groups is 1. The number of piperazine rings is 1. The second-order valence-electron chi connectivity index (χ2n) is 6.29. The van der Waals surface area contributed by atoms with E-state index in [1.165, 1.54) is 0 Å². The third kappa shape index (κ3) is 5.81. The molecule has 1 amide bonds. The molecule has 0 aliphatic carbocycles. The molecule has 0 aromatic carbocycles. The Morgan fingerprint density at radius 2 is 1.82 bits per heavy atom. The van der Waals surface area contributed by atoms with Gasteiger partial charge in [0.15, 0.2) is 0 Å². The van der Waals surface area contributed by atoms with Gasteiger partial charge in [0.05, 0.1) is 5.57 Å². The number of carbonyl (C=O) groups excluding carboxylic acids is 1. The Kier molecular flexibility index (Phi) is 7.62. The van der Waals surface area contributed by atoms with Crippen LogP contribution < -0.4 is 16.0 Å². The van der Waals surface area contributed by atoms with Gasteiger partial charge in [-0.25, -0.2) is 0 Å². The molecule has 1 heterocycles. The van der Waals surface area contributed by atoms with E-state index in [2.05, 4.69) is 41.3 Å². The van der Waals surface area contributed by atoms with Crippen molar-refractivity contribution in [3.63, 3.8) is 0 Å². The molecule has 5 nitrogen and oxygen atoms in total. The third-order valence-corrected chi connectivity index (χ3v) is 3.82. The first-order valence-corrected chi connectivity index (χ1v) is 8.22. The van der Waals surface area contributed by atoms with Crippen LogP contribution in [-0.4, -0.2) is 55.6 Å². The molecule has 0 aromatic rings. The van der Waals surface area contributed by atoms with Crippen LogP contribution in [0.15, 0.2) is 23.4 Å². The highest BCUT2D eigenvalue weighted by Crippen LogP contribution is 2.11. The van der Waals surface area contributed by atoms with Gasteiger partial charge >= 0.3 is 0 Å². The lowest BCUT2D eigenvalue weighted by Crippen LogP contribution is -2.55. The van der Waals surface area contributed by atoms with E-state index in [0.717, 1.165) is 37.4 Å². The molecule has 1 aliphatic heterocycles. The largest absolute Gasteiger partial charge is 0.388 e. The molecule has 2 unspecified atom stereocenters. The Morgan fingerprint density at radius 1 is 1.23 bits per heavy atom. The second-order valence-corrected chi connectivity index (χ2v) is 6.29. The van der Waals surface area contributed by atoms with Crippen LogP contribution >= 0.6 is 0 Å². The Morgan fingerprint density at radius 3 is 2.32 bits per heavy atom. The van der Waals surface area contributed by atoms with Crippen LogP contribution in [0.25, 0.3) is 0 Å². The van der Waals surface area contributed by atoms with Gasteiger partial charge in [-0.3, -0.25) is 9.69 Å². The highest BCUT2D eigenvalue weighted by molar-refractivity contribution is 5.98. The Bertz CT molecular complexity index is 420. The summed E-state index contributed by atoms with van der Waals surface area (Å²) in [5.41, 5.74) is 2.35. The van der Waals surface area contributed by atoms with Crippen molar-refractivity contribution >= 4 is 5.91 Å². The number of amides is 1. The predicted molar refractivity (Wildman–Crippen MR) is 92.7 cm³/mol. The maximum absolute atomic E-state index is 12.4. The van der Waals surface area contributed by atoms with Crippen molar-refractivity contribution in [2.75, 3.05) is 32.7 Å². The number of allylic oxidation sites excluding steroid dienone is 1. The van der Waals surface area contributed by atoms with Gasteiger partial charge in [0.1, 0.15) is 0 Å². The highest BCUT2D eigenvalue weighted by atomic mass is 16.1. The molecule has 1 rings (SSSR count).